The van der Waals surface area contributed by atoms with Gasteiger partial charge >= 0.3 is 5.97 Å². The Morgan fingerprint density at radius 2 is 1.84 bits per heavy atom. The average molecular weight is 337 g/mol. The van der Waals surface area contributed by atoms with Crippen molar-refractivity contribution in [2.24, 2.45) is 0 Å². The average Bonchev–Trinajstić information content (AvgIpc) is 2.90. The van der Waals surface area contributed by atoms with E-state index in [-0.39, 0.29) is 5.97 Å². The van der Waals surface area contributed by atoms with Gasteiger partial charge in [0.15, 0.2) is 0 Å². The van der Waals surface area contributed by atoms with E-state index in [1.165, 1.54) is 0 Å². The third-order valence-electron chi connectivity index (χ3n) is 3.68. The zero-order valence-corrected chi connectivity index (χ0v) is 15.0. The summed E-state index contributed by atoms with van der Waals surface area (Å²) in [5.41, 5.74) is 8.71. The second-order valence-electron chi connectivity index (χ2n) is 6.75. The molecule has 0 radical (unpaired) electrons. The van der Waals surface area contributed by atoms with Crippen LogP contribution < -0.4 is 5.73 Å². The molecule has 2 aromatic rings. The summed E-state index contributed by atoms with van der Waals surface area (Å²) in [7, 11) is 0. The number of rotatable bonds is 4. The van der Waals surface area contributed by atoms with Crippen LogP contribution in [0.4, 0.5) is 5.69 Å². The van der Waals surface area contributed by atoms with Crippen LogP contribution in [0.1, 0.15) is 49.3 Å². The minimum Gasteiger partial charge on any atom is -0.456 e. The molecule has 0 fully saturated rings. The minimum atomic E-state index is -0.522. The van der Waals surface area contributed by atoms with Gasteiger partial charge in [-0.2, -0.15) is 5.26 Å². The molecule has 2 N–H and O–H groups in total. The molecule has 25 heavy (non-hydrogen) atoms. The van der Waals surface area contributed by atoms with Crippen molar-refractivity contribution < 1.29 is 9.53 Å². The van der Waals surface area contributed by atoms with E-state index in [4.69, 9.17) is 10.5 Å². The normalized spacial score (nSPS) is 11.9. The lowest BCUT2D eigenvalue weighted by atomic mass is 10.0. The van der Waals surface area contributed by atoms with Crippen LogP contribution in [0.25, 0.3) is 5.57 Å². The van der Waals surface area contributed by atoms with Gasteiger partial charge in [0.25, 0.3) is 0 Å². The van der Waals surface area contributed by atoms with Crippen LogP contribution in [0.5, 0.6) is 0 Å². The number of nitrogen functional groups attached to an aromatic ring is 1. The maximum Gasteiger partial charge on any atom is 0.338 e. The third kappa shape index (κ3) is 4.51. The number of hydrogen-bond acceptors (Lipinski definition) is 4. The molecule has 0 aliphatic heterocycles. The molecule has 0 spiro atoms. The van der Waals surface area contributed by atoms with Gasteiger partial charge in [-0.15, -0.1) is 0 Å². The number of nitrogens with two attached hydrogens (primary N) is 1. The predicted octanol–water partition coefficient (Wildman–Crippen LogP) is 4.00. The number of benzene rings is 1. The van der Waals surface area contributed by atoms with Crippen molar-refractivity contribution in [3.8, 4) is 6.07 Å². The summed E-state index contributed by atoms with van der Waals surface area (Å²) in [5.74, 6) is -0.342. The molecule has 130 valence electrons. The number of anilines is 1. The summed E-state index contributed by atoms with van der Waals surface area (Å²) in [4.78, 5) is 12.1. The second-order valence-corrected chi connectivity index (χ2v) is 6.75. The summed E-state index contributed by atoms with van der Waals surface area (Å²) < 4.78 is 7.18. The molecule has 5 nitrogen and oxygen atoms in total. The number of ether oxygens (including phenoxy) is 1. The standard InChI is InChI=1S/C20H23N3O2/c1-5-14(13-23-11-10-17(22)18(23)12-21)15-6-8-16(9-7-15)19(24)25-20(2,3)4/h5-11H,13,22H2,1-4H3/b14-5+. The number of carbonyl (C=O) groups is 1. The van der Waals surface area contributed by atoms with Crippen molar-refractivity contribution in [2.75, 3.05) is 5.73 Å². The number of carbonyl (C=O) groups excluding carboxylic acids is 1. The van der Waals surface area contributed by atoms with Gasteiger partial charge < -0.3 is 15.0 Å². The van der Waals surface area contributed by atoms with Gasteiger partial charge in [-0.3, -0.25) is 0 Å². The first kappa shape index (κ1) is 18.3. The lowest BCUT2D eigenvalue weighted by Gasteiger charge is -2.19. The van der Waals surface area contributed by atoms with Crippen LogP contribution in [-0.2, 0) is 11.3 Å². The van der Waals surface area contributed by atoms with Crippen LogP contribution in [0.15, 0.2) is 42.6 Å². The molecule has 1 aromatic heterocycles. The molecule has 1 aromatic carbocycles. The van der Waals surface area contributed by atoms with Crippen LogP contribution in [0, 0.1) is 11.3 Å². The van der Waals surface area contributed by atoms with Crippen LogP contribution >= 0.6 is 0 Å². The number of esters is 1. The largest absolute Gasteiger partial charge is 0.456 e. The highest BCUT2D eigenvalue weighted by molar-refractivity contribution is 5.90. The Morgan fingerprint density at radius 3 is 2.36 bits per heavy atom. The zero-order chi connectivity index (χ0) is 18.6. The van der Waals surface area contributed by atoms with Crippen molar-refractivity contribution in [1.82, 2.24) is 4.57 Å². The lowest BCUT2D eigenvalue weighted by Crippen LogP contribution is -2.23. The number of nitriles is 1. The predicted molar refractivity (Wildman–Crippen MR) is 98.8 cm³/mol. The minimum absolute atomic E-state index is 0.342. The molecule has 0 aliphatic rings. The molecular formula is C20H23N3O2. The number of nitrogens with zero attached hydrogens (tertiary/aromatic N) is 2. The smallest absolute Gasteiger partial charge is 0.338 e. The Kier molecular flexibility index (Phi) is 5.33. The van der Waals surface area contributed by atoms with Gasteiger partial charge in [0.05, 0.1) is 11.3 Å². The summed E-state index contributed by atoms with van der Waals surface area (Å²) in [6.07, 6.45) is 3.78. The van der Waals surface area contributed by atoms with Crippen molar-refractivity contribution in [1.29, 1.82) is 5.26 Å². The summed E-state index contributed by atoms with van der Waals surface area (Å²) in [6, 6.07) is 11.1. The van der Waals surface area contributed by atoms with Gasteiger partial charge in [0.2, 0.25) is 0 Å². The molecule has 0 unspecified atom stereocenters. The molecule has 2 rings (SSSR count). The first-order chi connectivity index (χ1) is 11.7. The van der Waals surface area contributed by atoms with Crippen molar-refractivity contribution >= 4 is 17.2 Å². The van der Waals surface area contributed by atoms with E-state index in [1.807, 2.05) is 50.5 Å². The first-order valence-electron chi connectivity index (χ1n) is 8.09. The lowest BCUT2D eigenvalue weighted by molar-refractivity contribution is 0.00695. The second kappa shape index (κ2) is 7.27. The Bertz CT molecular complexity index is 831. The van der Waals surface area contributed by atoms with E-state index in [1.54, 1.807) is 24.4 Å². The fraction of sp³-hybridized carbons (Fsp3) is 0.300. The van der Waals surface area contributed by atoms with E-state index in [2.05, 4.69) is 6.07 Å². The molecule has 0 aliphatic carbocycles. The van der Waals surface area contributed by atoms with Gasteiger partial charge in [0, 0.05) is 12.7 Å². The first-order valence-corrected chi connectivity index (χ1v) is 8.09. The van der Waals surface area contributed by atoms with E-state index >= 15 is 0 Å². The van der Waals surface area contributed by atoms with Gasteiger partial charge in [0.1, 0.15) is 17.4 Å². The summed E-state index contributed by atoms with van der Waals surface area (Å²) in [6.45, 7) is 7.99. The molecule has 5 heteroatoms. The SMILES string of the molecule is C/C=C(\Cn1ccc(N)c1C#N)c1ccc(C(=O)OC(C)(C)C)cc1. The van der Waals surface area contributed by atoms with Gasteiger partial charge in [-0.1, -0.05) is 18.2 Å². The van der Waals surface area contributed by atoms with Crippen LogP contribution in [0.2, 0.25) is 0 Å². The van der Waals surface area contributed by atoms with Crippen molar-refractivity contribution in [2.45, 2.75) is 39.8 Å². The van der Waals surface area contributed by atoms with E-state index in [0.717, 1.165) is 11.1 Å². The van der Waals surface area contributed by atoms with E-state index < -0.39 is 5.60 Å². The molecular weight excluding hydrogens is 314 g/mol. The maximum absolute atomic E-state index is 12.1. The fourth-order valence-corrected chi connectivity index (χ4v) is 2.44. The molecule has 0 atom stereocenters. The number of aromatic nitrogens is 1. The van der Waals surface area contributed by atoms with Gasteiger partial charge in [-0.25, -0.2) is 4.79 Å². The monoisotopic (exact) mass is 337 g/mol. The molecule has 0 bridgehead atoms. The highest BCUT2D eigenvalue weighted by Crippen LogP contribution is 2.21. The Labute approximate surface area is 148 Å². The Balaban J connectivity index is 2.20. The van der Waals surface area contributed by atoms with Crippen molar-refractivity contribution in [3.63, 3.8) is 0 Å². The van der Waals surface area contributed by atoms with Gasteiger partial charge in [-0.05, 0) is 57.0 Å². The fourth-order valence-electron chi connectivity index (χ4n) is 2.44. The Hall–Kier alpha value is -3.00. The third-order valence-corrected chi connectivity index (χ3v) is 3.68. The molecule has 0 saturated heterocycles. The van der Waals surface area contributed by atoms with Crippen LogP contribution in [-0.4, -0.2) is 16.1 Å². The van der Waals surface area contributed by atoms with Crippen molar-refractivity contribution in [3.05, 3.63) is 59.4 Å². The number of hydrogen-bond donors (Lipinski definition) is 1. The highest BCUT2D eigenvalue weighted by Gasteiger charge is 2.18. The summed E-state index contributed by atoms with van der Waals surface area (Å²) >= 11 is 0. The molecule has 1 heterocycles. The topological polar surface area (TPSA) is 81.0 Å². The van der Waals surface area contributed by atoms with E-state index in [0.29, 0.717) is 23.5 Å². The maximum atomic E-state index is 12.1. The van der Waals surface area contributed by atoms with Crippen LogP contribution in [0.3, 0.4) is 0 Å². The number of allylic oxidation sites excluding steroid dienone is 2. The molecule has 0 amide bonds. The van der Waals surface area contributed by atoms with E-state index in [9.17, 15) is 10.1 Å². The molecule has 0 saturated carbocycles. The summed E-state index contributed by atoms with van der Waals surface area (Å²) in [5, 5.41) is 9.21. The highest BCUT2D eigenvalue weighted by atomic mass is 16.6. The Morgan fingerprint density at radius 1 is 1.24 bits per heavy atom. The quantitative estimate of drug-likeness (QED) is 0.855. The zero-order valence-electron chi connectivity index (χ0n) is 15.0.